The summed E-state index contributed by atoms with van der Waals surface area (Å²) >= 11 is 0. The Morgan fingerprint density at radius 1 is 1.05 bits per heavy atom. The fourth-order valence-electron chi connectivity index (χ4n) is 1.41. The van der Waals surface area contributed by atoms with Crippen molar-refractivity contribution in [3.05, 3.63) is 65.7 Å². The fourth-order valence-corrected chi connectivity index (χ4v) is 1.41. The first-order valence-electron chi connectivity index (χ1n) is 5.44. The zero-order valence-corrected chi connectivity index (χ0v) is 10.8. The van der Waals surface area contributed by atoms with Gasteiger partial charge in [-0.15, -0.1) is 0 Å². The van der Waals surface area contributed by atoms with Crippen LogP contribution in [0.25, 0.3) is 0 Å². The Kier molecular flexibility index (Phi) is 5.79. The summed E-state index contributed by atoms with van der Waals surface area (Å²) in [7, 11) is 0. The van der Waals surface area contributed by atoms with Crippen molar-refractivity contribution in [3.8, 4) is 5.75 Å². The topological polar surface area (TPSA) is 61.7 Å². The Balaban J connectivity index is 0.00000180. The third kappa shape index (κ3) is 4.25. The molecule has 2 aromatic rings. The Morgan fingerprint density at radius 3 is 2.37 bits per heavy atom. The van der Waals surface area contributed by atoms with Crippen molar-refractivity contribution in [2.75, 3.05) is 0 Å². The number of nitrogens with zero attached hydrogens (tertiary/aromatic N) is 1. The average Bonchev–Trinajstić information content (AvgIpc) is 2.42. The molecule has 2 N–H and O–H groups in total. The van der Waals surface area contributed by atoms with Crippen LogP contribution in [0.5, 0.6) is 5.75 Å². The van der Waals surface area contributed by atoms with Crippen molar-refractivity contribution in [2.24, 2.45) is 5.10 Å². The predicted molar refractivity (Wildman–Crippen MR) is 69.6 cm³/mol. The van der Waals surface area contributed by atoms with E-state index in [9.17, 15) is 9.90 Å². The first-order valence-corrected chi connectivity index (χ1v) is 5.44. The van der Waals surface area contributed by atoms with Gasteiger partial charge in [0.15, 0.2) is 0 Å². The second kappa shape index (κ2) is 7.36. The van der Waals surface area contributed by atoms with Gasteiger partial charge >= 0.3 is 17.1 Å². The number of nitrogens with one attached hydrogen (secondary N) is 1. The summed E-state index contributed by atoms with van der Waals surface area (Å²) in [6.45, 7) is 0. The second-order valence-electron chi connectivity index (χ2n) is 3.62. The van der Waals surface area contributed by atoms with Gasteiger partial charge in [-0.2, -0.15) is 5.10 Å². The molecule has 19 heavy (non-hydrogen) atoms. The maximum atomic E-state index is 11.6. The van der Waals surface area contributed by atoms with Gasteiger partial charge in [-0.25, -0.2) is 5.43 Å². The summed E-state index contributed by atoms with van der Waals surface area (Å²) in [6.07, 6.45) is 1.40. The maximum absolute atomic E-state index is 11.6. The largest absolute Gasteiger partial charge is 1.00 e. The Morgan fingerprint density at radius 2 is 1.68 bits per heavy atom. The van der Waals surface area contributed by atoms with E-state index in [0.29, 0.717) is 11.1 Å². The van der Waals surface area contributed by atoms with Crippen molar-refractivity contribution in [1.82, 2.24) is 5.43 Å². The number of phenolic OH excluding ortho intramolecular Hbond substituents is 1. The van der Waals surface area contributed by atoms with Gasteiger partial charge in [0.2, 0.25) is 0 Å². The molecule has 5 heteroatoms. The van der Waals surface area contributed by atoms with Crippen LogP contribution in [0.15, 0.2) is 59.7 Å². The number of rotatable bonds is 3. The fraction of sp³-hybridized carbons (Fsp3) is 0. The number of amides is 1. The number of phenols is 1. The maximum Gasteiger partial charge on any atom is 1.00 e. The van der Waals surface area contributed by atoms with E-state index < -0.39 is 0 Å². The van der Waals surface area contributed by atoms with Gasteiger partial charge in [-0.05, 0) is 24.3 Å². The van der Waals surface area contributed by atoms with E-state index in [1.165, 1.54) is 6.21 Å². The zero-order valence-electron chi connectivity index (χ0n) is 9.88. The molecule has 0 bridgehead atoms. The van der Waals surface area contributed by atoms with E-state index in [1.54, 1.807) is 48.5 Å². The summed E-state index contributed by atoms with van der Waals surface area (Å²) in [6, 6.07) is 15.5. The van der Waals surface area contributed by atoms with Gasteiger partial charge < -0.3 is 5.11 Å². The third-order valence-electron chi connectivity index (χ3n) is 2.34. The normalized spacial score (nSPS) is 9.89. The molecular formula is C14H12CuN2O2+. The van der Waals surface area contributed by atoms with Gasteiger partial charge in [0.25, 0.3) is 5.91 Å². The summed E-state index contributed by atoms with van der Waals surface area (Å²) < 4.78 is 0. The number of carbonyl (C=O) groups is 1. The van der Waals surface area contributed by atoms with E-state index in [4.69, 9.17) is 0 Å². The number of hydrogen-bond acceptors (Lipinski definition) is 3. The number of hydrogen-bond donors (Lipinski definition) is 2. The van der Waals surface area contributed by atoms with Gasteiger partial charge in [-0.3, -0.25) is 4.79 Å². The number of aromatic hydroxyl groups is 1. The molecule has 0 unspecified atom stereocenters. The van der Waals surface area contributed by atoms with Crippen LogP contribution >= 0.6 is 0 Å². The average molecular weight is 304 g/mol. The molecule has 0 spiro atoms. The Hall–Kier alpha value is -2.10. The van der Waals surface area contributed by atoms with Crippen molar-refractivity contribution in [2.45, 2.75) is 0 Å². The van der Waals surface area contributed by atoms with E-state index in [0.717, 1.165) is 0 Å². The third-order valence-corrected chi connectivity index (χ3v) is 2.34. The number of hydrazone groups is 1. The van der Waals surface area contributed by atoms with Gasteiger partial charge in [0.1, 0.15) is 5.75 Å². The second-order valence-corrected chi connectivity index (χ2v) is 3.62. The van der Waals surface area contributed by atoms with Crippen molar-refractivity contribution >= 4 is 12.1 Å². The van der Waals surface area contributed by atoms with Crippen LogP contribution in [0.1, 0.15) is 15.9 Å². The minimum Gasteiger partial charge on any atom is -0.507 e. The summed E-state index contributed by atoms with van der Waals surface area (Å²) in [5, 5.41) is 13.3. The van der Waals surface area contributed by atoms with E-state index in [2.05, 4.69) is 10.5 Å². The van der Waals surface area contributed by atoms with Gasteiger partial charge in [-0.1, -0.05) is 30.3 Å². The van der Waals surface area contributed by atoms with Gasteiger partial charge in [0, 0.05) is 11.1 Å². The molecule has 0 heterocycles. The van der Waals surface area contributed by atoms with Crippen molar-refractivity contribution in [3.63, 3.8) is 0 Å². The minimum atomic E-state index is -0.290. The predicted octanol–water partition coefficient (Wildman–Crippen LogP) is 2.15. The monoisotopic (exact) mass is 303 g/mol. The van der Waals surface area contributed by atoms with Crippen LogP contribution in [-0.2, 0) is 17.1 Å². The molecule has 4 nitrogen and oxygen atoms in total. The molecule has 0 aliphatic heterocycles. The molecule has 0 aliphatic carbocycles. The number of para-hydroxylation sites is 1. The van der Waals surface area contributed by atoms with Crippen LogP contribution in [0.3, 0.4) is 0 Å². The Bertz CT molecular complexity index is 571. The molecule has 1 amide bonds. The van der Waals surface area contributed by atoms with E-state index in [1.807, 2.05) is 6.07 Å². The van der Waals surface area contributed by atoms with Crippen molar-refractivity contribution < 1.29 is 27.0 Å². The van der Waals surface area contributed by atoms with Gasteiger partial charge in [0.05, 0.1) is 6.21 Å². The molecule has 0 atom stereocenters. The van der Waals surface area contributed by atoms with E-state index >= 15 is 0 Å². The molecule has 100 valence electrons. The summed E-state index contributed by atoms with van der Waals surface area (Å²) in [5.74, 6) is -0.169. The quantitative estimate of drug-likeness (QED) is 0.518. The molecule has 0 fully saturated rings. The molecule has 0 radical (unpaired) electrons. The first kappa shape index (κ1) is 15.0. The molecule has 0 saturated heterocycles. The van der Waals surface area contributed by atoms with Crippen LogP contribution < -0.4 is 5.43 Å². The summed E-state index contributed by atoms with van der Waals surface area (Å²) in [5.41, 5.74) is 3.48. The SMILES string of the molecule is O=C(N/N=C/c1ccccc1O)c1ccccc1.[Cu+]. The molecule has 2 rings (SSSR count). The molecule has 2 aromatic carbocycles. The van der Waals surface area contributed by atoms with Crippen molar-refractivity contribution in [1.29, 1.82) is 0 Å². The molecule has 0 aliphatic rings. The Labute approximate surface area is 121 Å². The molecule has 0 saturated carbocycles. The van der Waals surface area contributed by atoms with Crippen LogP contribution in [-0.4, -0.2) is 17.2 Å². The van der Waals surface area contributed by atoms with Crippen LogP contribution in [0, 0.1) is 0 Å². The first-order chi connectivity index (χ1) is 8.77. The standard InChI is InChI=1S/C14H12N2O2.Cu/c17-13-9-5-4-8-12(13)10-15-16-14(18)11-6-2-1-3-7-11;/h1-10,17H,(H,16,18);/q;+1/b15-10+;. The number of benzene rings is 2. The van der Waals surface area contributed by atoms with E-state index in [-0.39, 0.29) is 28.7 Å². The van der Waals surface area contributed by atoms with Crippen LogP contribution in [0.2, 0.25) is 0 Å². The molecular weight excluding hydrogens is 292 g/mol. The number of carbonyl (C=O) groups excluding carboxylic acids is 1. The van der Waals surface area contributed by atoms with Crippen LogP contribution in [0.4, 0.5) is 0 Å². The minimum absolute atomic E-state index is 0. The molecule has 0 aromatic heterocycles. The summed E-state index contributed by atoms with van der Waals surface area (Å²) in [4.78, 5) is 11.6. The zero-order chi connectivity index (χ0) is 12.8. The smallest absolute Gasteiger partial charge is 0.507 e.